The molecule has 2 nitrogen and oxygen atoms in total. The van der Waals surface area contributed by atoms with Crippen molar-refractivity contribution >= 4 is 0 Å². The van der Waals surface area contributed by atoms with E-state index in [4.69, 9.17) is 10.5 Å². The predicted molar refractivity (Wildman–Crippen MR) is 61.9 cm³/mol. The number of hydrogen-bond acceptors (Lipinski definition) is 2. The van der Waals surface area contributed by atoms with Gasteiger partial charge in [0, 0.05) is 18.8 Å². The molecule has 0 spiro atoms. The molecule has 6 heteroatoms. The van der Waals surface area contributed by atoms with Crippen molar-refractivity contribution in [3.05, 3.63) is 35.1 Å². The Kier molecular flexibility index (Phi) is 3.82. The number of rotatable bonds is 1. The third-order valence-corrected chi connectivity index (χ3v) is 3.45. The van der Waals surface area contributed by atoms with Crippen LogP contribution in [-0.2, 0) is 16.5 Å². The third kappa shape index (κ3) is 3.06. The van der Waals surface area contributed by atoms with Gasteiger partial charge in [-0.2, -0.15) is 13.2 Å². The normalized spacial score (nSPS) is 25.1. The number of benzene rings is 1. The molecule has 0 radical (unpaired) electrons. The van der Waals surface area contributed by atoms with Crippen molar-refractivity contribution in [3.63, 3.8) is 0 Å². The zero-order valence-electron chi connectivity index (χ0n) is 10.3. The smallest absolute Gasteiger partial charge is 0.381 e. The van der Waals surface area contributed by atoms with E-state index in [0.29, 0.717) is 38.0 Å². The van der Waals surface area contributed by atoms with Crippen LogP contribution in [-0.4, -0.2) is 13.2 Å². The second-order valence-electron chi connectivity index (χ2n) is 4.81. The Hall–Kier alpha value is -1.14. The van der Waals surface area contributed by atoms with Gasteiger partial charge in [0.25, 0.3) is 0 Å². The van der Waals surface area contributed by atoms with Crippen LogP contribution < -0.4 is 5.73 Å². The van der Waals surface area contributed by atoms with Crippen LogP contribution in [0, 0.1) is 5.82 Å². The lowest BCUT2D eigenvalue weighted by atomic mass is 9.84. The highest BCUT2D eigenvalue weighted by Gasteiger charge is 2.36. The summed E-state index contributed by atoms with van der Waals surface area (Å²) in [6.07, 6.45) is -2.94. The molecule has 1 aliphatic rings. The zero-order valence-corrected chi connectivity index (χ0v) is 10.3. The Morgan fingerprint density at radius 2 is 1.89 bits per heavy atom. The maximum absolute atomic E-state index is 13.6. The quantitative estimate of drug-likeness (QED) is 0.800. The lowest BCUT2D eigenvalue weighted by Crippen LogP contribution is -2.37. The predicted octanol–water partition coefficient (Wildman–Crippen LogP) is 3.20. The first-order valence-corrected chi connectivity index (χ1v) is 6.07. The van der Waals surface area contributed by atoms with Gasteiger partial charge in [-0.1, -0.05) is 6.07 Å². The first-order valence-electron chi connectivity index (χ1n) is 6.07. The van der Waals surface area contributed by atoms with Gasteiger partial charge in [-0.3, -0.25) is 0 Å². The first-order chi connectivity index (χ1) is 8.83. The minimum absolute atomic E-state index is 0.392. The van der Waals surface area contributed by atoms with Crippen LogP contribution in [0.15, 0.2) is 18.2 Å². The number of halogens is 4. The Balaban J connectivity index is 2.33. The molecular formula is C13H15F4NO. The minimum Gasteiger partial charge on any atom is -0.381 e. The van der Waals surface area contributed by atoms with Crippen LogP contribution in [0.5, 0.6) is 0 Å². The Labute approximate surface area is 108 Å². The molecule has 1 saturated heterocycles. The molecule has 0 bridgehead atoms. The summed E-state index contributed by atoms with van der Waals surface area (Å²) in [5, 5.41) is 0. The van der Waals surface area contributed by atoms with Gasteiger partial charge < -0.3 is 10.5 Å². The van der Waals surface area contributed by atoms with Gasteiger partial charge in [-0.05, 0) is 37.0 Å². The van der Waals surface area contributed by atoms with Crippen LogP contribution in [0.2, 0.25) is 0 Å². The van der Waals surface area contributed by atoms with E-state index in [1.54, 1.807) is 0 Å². The van der Waals surface area contributed by atoms with Crippen LogP contribution in [0.25, 0.3) is 0 Å². The lowest BCUT2D eigenvalue weighted by molar-refractivity contribution is -0.140. The zero-order chi connectivity index (χ0) is 14.1. The van der Waals surface area contributed by atoms with Crippen LogP contribution >= 0.6 is 0 Å². The molecule has 19 heavy (non-hydrogen) atoms. The number of ether oxygens (including phenoxy) is 1. The van der Waals surface area contributed by atoms with Gasteiger partial charge in [0.05, 0.1) is 5.56 Å². The average molecular weight is 277 g/mol. The third-order valence-electron chi connectivity index (χ3n) is 3.45. The first kappa shape index (κ1) is 14.3. The summed E-state index contributed by atoms with van der Waals surface area (Å²) < 4.78 is 56.3. The standard InChI is InChI=1S/C13H15F4NO/c14-11-8-9(2-3-10(11)13(15,16)17)12(18)4-1-6-19-7-5-12/h2-3,8H,1,4-7,18H2. The van der Waals surface area contributed by atoms with Gasteiger partial charge in [0.15, 0.2) is 0 Å². The van der Waals surface area contributed by atoms with Gasteiger partial charge in [-0.15, -0.1) is 0 Å². The largest absolute Gasteiger partial charge is 0.419 e. The molecule has 1 aromatic rings. The van der Waals surface area contributed by atoms with Crippen molar-refractivity contribution in [2.24, 2.45) is 5.73 Å². The fraction of sp³-hybridized carbons (Fsp3) is 0.538. The second kappa shape index (κ2) is 5.09. The van der Waals surface area contributed by atoms with E-state index in [-0.39, 0.29) is 0 Å². The van der Waals surface area contributed by atoms with E-state index < -0.39 is 23.1 Å². The molecule has 2 N–H and O–H groups in total. The average Bonchev–Trinajstić information content (AvgIpc) is 2.53. The lowest BCUT2D eigenvalue weighted by Gasteiger charge is -2.28. The van der Waals surface area contributed by atoms with Gasteiger partial charge >= 0.3 is 6.18 Å². The van der Waals surface area contributed by atoms with E-state index in [1.165, 1.54) is 6.07 Å². The highest BCUT2D eigenvalue weighted by Crippen LogP contribution is 2.35. The fourth-order valence-electron chi connectivity index (χ4n) is 2.31. The molecule has 0 aliphatic carbocycles. The molecule has 0 aromatic heterocycles. The molecule has 0 saturated carbocycles. The molecule has 1 aromatic carbocycles. The summed E-state index contributed by atoms with van der Waals surface area (Å²) in [4.78, 5) is 0. The van der Waals surface area contributed by atoms with Crippen molar-refractivity contribution in [1.29, 1.82) is 0 Å². The van der Waals surface area contributed by atoms with Gasteiger partial charge in [0.2, 0.25) is 0 Å². The molecule has 2 rings (SSSR count). The van der Waals surface area contributed by atoms with E-state index >= 15 is 0 Å². The van der Waals surface area contributed by atoms with Crippen molar-refractivity contribution in [2.45, 2.75) is 31.0 Å². The molecule has 1 fully saturated rings. The molecule has 1 atom stereocenters. The molecule has 1 heterocycles. The summed E-state index contributed by atoms with van der Waals surface area (Å²) in [5.41, 5.74) is 4.50. The van der Waals surface area contributed by atoms with Crippen molar-refractivity contribution in [2.75, 3.05) is 13.2 Å². The maximum atomic E-state index is 13.6. The summed E-state index contributed by atoms with van der Waals surface area (Å²) in [7, 11) is 0. The van der Waals surface area contributed by atoms with Crippen LogP contribution in [0.4, 0.5) is 17.6 Å². The summed E-state index contributed by atoms with van der Waals surface area (Å²) in [6, 6.07) is 2.91. The molecular weight excluding hydrogens is 262 g/mol. The maximum Gasteiger partial charge on any atom is 0.419 e. The number of alkyl halides is 3. The molecule has 106 valence electrons. The van der Waals surface area contributed by atoms with E-state index in [2.05, 4.69) is 0 Å². The van der Waals surface area contributed by atoms with E-state index in [0.717, 1.165) is 12.1 Å². The number of hydrogen-bond donors (Lipinski definition) is 1. The van der Waals surface area contributed by atoms with Crippen LogP contribution in [0.3, 0.4) is 0 Å². The molecule has 1 unspecified atom stereocenters. The van der Waals surface area contributed by atoms with E-state index in [9.17, 15) is 17.6 Å². The number of nitrogens with two attached hydrogens (primary N) is 1. The Morgan fingerprint density at radius 1 is 1.16 bits per heavy atom. The highest BCUT2D eigenvalue weighted by atomic mass is 19.4. The highest BCUT2D eigenvalue weighted by molar-refractivity contribution is 5.31. The monoisotopic (exact) mass is 277 g/mol. The SMILES string of the molecule is NC1(c2ccc(C(F)(F)F)c(F)c2)CCCOCC1. The fourth-order valence-corrected chi connectivity index (χ4v) is 2.31. The van der Waals surface area contributed by atoms with E-state index in [1.807, 2.05) is 0 Å². The van der Waals surface area contributed by atoms with Crippen LogP contribution in [0.1, 0.15) is 30.4 Å². The Bertz CT molecular complexity index is 450. The summed E-state index contributed by atoms with van der Waals surface area (Å²) >= 11 is 0. The van der Waals surface area contributed by atoms with Crippen molar-refractivity contribution in [1.82, 2.24) is 0 Å². The van der Waals surface area contributed by atoms with Gasteiger partial charge in [0.1, 0.15) is 5.82 Å². The molecule has 1 aliphatic heterocycles. The molecule has 0 amide bonds. The topological polar surface area (TPSA) is 35.2 Å². The van der Waals surface area contributed by atoms with Crippen molar-refractivity contribution in [3.8, 4) is 0 Å². The summed E-state index contributed by atoms with van der Waals surface area (Å²) in [6.45, 7) is 1.00. The van der Waals surface area contributed by atoms with Gasteiger partial charge in [-0.25, -0.2) is 4.39 Å². The second-order valence-corrected chi connectivity index (χ2v) is 4.81. The summed E-state index contributed by atoms with van der Waals surface area (Å²) in [5.74, 6) is -1.28. The minimum atomic E-state index is -4.68. The van der Waals surface area contributed by atoms with Crippen molar-refractivity contribution < 1.29 is 22.3 Å². The Morgan fingerprint density at radius 3 is 2.53 bits per heavy atom.